The van der Waals surface area contributed by atoms with Crippen LogP contribution in [0.5, 0.6) is 5.75 Å². The lowest BCUT2D eigenvalue weighted by Crippen LogP contribution is -2.09. The Kier molecular flexibility index (Phi) is 5.13. The van der Waals surface area contributed by atoms with E-state index in [1.807, 2.05) is 31.2 Å². The number of para-hydroxylation sites is 2. The summed E-state index contributed by atoms with van der Waals surface area (Å²) in [4.78, 5) is 16.6. The Morgan fingerprint density at radius 1 is 1.29 bits per heavy atom. The number of halogens is 1. The average Bonchev–Trinajstić information content (AvgIpc) is 2.99. The predicted octanol–water partition coefficient (Wildman–Crippen LogP) is 5.00. The van der Waals surface area contributed by atoms with E-state index >= 15 is 0 Å². The number of hydrogen-bond donors (Lipinski definition) is 1. The molecule has 1 amide bonds. The number of anilines is 1. The van der Waals surface area contributed by atoms with Gasteiger partial charge < -0.3 is 10.1 Å². The summed E-state index contributed by atoms with van der Waals surface area (Å²) in [6.45, 7) is 2.33. The van der Waals surface area contributed by atoms with Gasteiger partial charge in [0.2, 0.25) is 5.91 Å². The van der Waals surface area contributed by atoms with Crippen LogP contribution in [0.2, 0.25) is 5.02 Å². The van der Waals surface area contributed by atoms with Gasteiger partial charge in [-0.3, -0.25) is 4.79 Å². The van der Waals surface area contributed by atoms with Crippen molar-refractivity contribution < 1.29 is 9.53 Å². The number of thiazole rings is 1. The molecule has 0 aliphatic carbocycles. The van der Waals surface area contributed by atoms with Crippen molar-refractivity contribution >= 4 is 50.8 Å². The maximum atomic E-state index is 12.1. The Hall–Kier alpha value is -2.37. The van der Waals surface area contributed by atoms with Crippen molar-refractivity contribution in [1.29, 1.82) is 0 Å². The predicted molar refractivity (Wildman–Crippen MR) is 99.9 cm³/mol. The second-order valence-electron chi connectivity index (χ2n) is 4.89. The van der Waals surface area contributed by atoms with E-state index in [0.717, 1.165) is 15.2 Å². The van der Waals surface area contributed by atoms with Gasteiger partial charge >= 0.3 is 0 Å². The van der Waals surface area contributed by atoms with Crippen LogP contribution >= 0.6 is 22.9 Å². The highest BCUT2D eigenvalue weighted by molar-refractivity contribution is 7.19. The summed E-state index contributed by atoms with van der Waals surface area (Å²) in [5.74, 6) is 0.209. The molecule has 0 aliphatic rings. The van der Waals surface area contributed by atoms with Crippen LogP contribution in [0.25, 0.3) is 16.3 Å². The number of carbonyl (C=O) groups excluding carboxylic acids is 1. The molecule has 24 heavy (non-hydrogen) atoms. The minimum absolute atomic E-state index is 0.266. The summed E-state index contributed by atoms with van der Waals surface area (Å²) in [7, 11) is 0. The van der Waals surface area contributed by atoms with Crippen molar-refractivity contribution in [2.24, 2.45) is 0 Å². The van der Waals surface area contributed by atoms with Crippen molar-refractivity contribution in [3.8, 4) is 5.75 Å². The molecule has 0 atom stereocenters. The largest absolute Gasteiger partial charge is 0.490 e. The molecule has 2 aromatic carbocycles. The Morgan fingerprint density at radius 3 is 2.92 bits per heavy atom. The van der Waals surface area contributed by atoms with Gasteiger partial charge in [-0.05, 0) is 37.3 Å². The molecule has 1 heterocycles. The van der Waals surface area contributed by atoms with Gasteiger partial charge in [0.15, 0.2) is 5.75 Å². The Balaban J connectivity index is 1.74. The molecule has 0 bridgehead atoms. The third-order valence-corrected chi connectivity index (χ3v) is 4.50. The monoisotopic (exact) mass is 358 g/mol. The molecule has 3 rings (SSSR count). The van der Waals surface area contributed by atoms with Crippen LogP contribution in [0, 0.1) is 0 Å². The average molecular weight is 359 g/mol. The van der Waals surface area contributed by atoms with Crippen molar-refractivity contribution in [1.82, 2.24) is 4.98 Å². The van der Waals surface area contributed by atoms with Crippen LogP contribution in [0.1, 0.15) is 11.9 Å². The number of rotatable bonds is 5. The molecule has 1 N–H and O–H groups in total. The number of nitrogens with one attached hydrogen (secondary N) is 1. The molecule has 0 radical (unpaired) electrons. The molecule has 4 nitrogen and oxygen atoms in total. The van der Waals surface area contributed by atoms with Crippen LogP contribution in [-0.2, 0) is 4.79 Å². The van der Waals surface area contributed by atoms with Crippen molar-refractivity contribution in [2.45, 2.75) is 6.92 Å². The Morgan fingerprint density at radius 2 is 2.12 bits per heavy atom. The van der Waals surface area contributed by atoms with Gasteiger partial charge in [0, 0.05) is 6.08 Å². The van der Waals surface area contributed by atoms with Crippen molar-refractivity contribution in [3.63, 3.8) is 0 Å². The third-order valence-electron chi connectivity index (χ3n) is 3.20. The van der Waals surface area contributed by atoms with Crippen molar-refractivity contribution in [3.05, 3.63) is 58.6 Å². The van der Waals surface area contributed by atoms with Gasteiger partial charge in [0.1, 0.15) is 5.01 Å². The number of fused-ring (bicyclic) bond motifs is 1. The van der Waals surface area contributed by atoms with E-state index in [0.29, 0.717) is 23.1 Å². The first kappa shape index (κ1) is 16.5. The van der Waals surface area contributed by atoms with E-state index in [2.05, 4.69) is 10.3 Å². The molecule has 0 aliphatic heterocycles. The van der Waals surface area contributed by atoms with Crippen LogP contribution in [0.4, 0.5) is 5.69 Å². The van der Waals surface area contributed by atoms with Crippen molar-refractivity contribution in [2.75, 3.05) is 11.9 Å². The van der Waals surface area contributed by atoms with E-state index in [1.165, 1.54) is 17.4 Å². The molecule has 0 spiro atoms. The van der Waals surface area contributed by atoms with E-state index in [9.17, 15) is 4.79 Å². The summed E-state index contributed by atoms with van der Waals surface area (Å²) < 4.78 is 6.58. The fourth-order valence-electron chi connectivity index (χ4n) is 2.18. The minimum atomic E-state index is -0.266. The summed E-state index contributed by atoms with van der Waals surface area (Å²) in [5, 5.41) is 4.02. The van der Waals surface area contributed by atoms with Crippen LogP contribution < -0.4 is 10.1 Å². The van der Waals surface area contributed by atoms with Crippen LogP contribution in [-0.4, -0.2) is 17.5 Å². The lowest BCUT2D eigenvalue weighted by atomic mass is 10.3. The highest BCUT2D eigenvalue weighted by atomic mass is 35.5. The fraction of sp³-hybridized carbons (Fsp3) is 0.111. The van der Waals surface area contributed by atoms with Gasteiger partial charge in [-0.1, -0.05) is 29.8 Å². The number of hydrogen-bond acceptors (Lipinski definition) is 4. The lowest BCUT2D eigenvalue weighted by molar-refractivity contribution is -0.111. The minimum Gasteiger partial charge on any atom is -0.490 e. The van der Waals surface area contributed by atoms with E-state index in [4.69, 9.17) is 16.3 Å². The molecule has 6 heteroatoms. The molecule has 0 unspecified atom stereocenters. The molecule has 122 valence electrons. The molecule has 0 saturated carbocycles. The van der Waals surface area contributed by atoms with Crippen LogP contribution in [0.3, 0.4) is 0 Å². The Bertz CT molecular complexity index is 872. The number of ether oxygens (including phenoxy) is 1. The quantitative estimate of drug-likeness (QED) is 0.653. The van der Waals surface area contributed by atoms with Gasteiger partial charge in [-0.15, -0.1) is 11.3 Å². The van der Waals surface area contributed by atoms with E-state index < -0.39 is 0 Å². The number of aromatic nitrogens is 1. The maximum absolute atomic E-state index is 12.1. The standard InChI is InChI=1S/C18H15ClN2O2S/c1-2-23-18-12(19)6-5-8-14(18)20-16(22)10-11-17-21-13-7-3-4-9-15(13)24-17/h3-11H,2H2,1H3,(H,20,22)/b11-10+. The molecular formula is C18H15ClN2O2S. The van der Waals surface area contributed by atoms with Gasteiger partial charge in [-0.25, -0.2) is 4.98 Å². The summed E-state index contributed by atoms with van der Waals surface area (Å²) in [6, 6.07) is 13.1. The number of nitrogens with zero attached hydrogens (tertiary/aromatic N) is 1. The van der Waals surface area contributed by atoms with Gasteiger partial charge in [0.05, 0.1) is 27.5 Å². The van der Waals surface area contributed by atoms with Gasteiger partial charge in [-0.2, -0.15) is 0 Å². The zero-order chi connectivity index (χ0) is 16.9. The number of carbonyl (C=O) groups is 1. The first-order valence-corrected chi connectivity index (χ1v) is 8.62. The molecular weight excluding hydrogens is 344 g/mol. The smallest absolute Gasteiger partial charge is 0.248 e. The summed E-state index contributed by atoms with van der Waals surface area (Å²) in [6.07, 6.45) is 3.15. The zero-order valence-corrected chi connectivity index (χ0v) is 14.5. The third kappa shape index (κ3) is 3.75. The summed E-state index contributed by atoms with van der Waals surface area (Å²) in [5.41, 5.74) is 1.47. The fourth-order valence-corrected chi connectivity index (χ4v) is 3.28. The first-order valence-electron chi connectivity index (χ1n) is 7.43. The lowest BCUT2D eigenvalue weighted by Gasteiger charge is -2.11. The highest BCUT2D eigenvalue weighted by Crippen LogP contribution is 2.33. The number of amides is 1. The SMILES string of the molecule is CCOc1c(Cl)cccc1NC(=O)/C=C/c1nc2ccccc2s1. The second-order valence-corrected chi connectivity index (χ2v) is 6.36. The normalized spacial score (nSPS) is 11.1. The molecule has 1 aromatic heterocycles. The number of benzene rings is 2. The second kappa shape index (κ2) is 7.47. The molecule has 3 aromatic rings. The van der Waals surface area contributed by atoms with E-state index in [-0.39, 0.29) is 5.91 Å². The molecule has 0 saturated heterocycles. The van der Waals surface area contributed by atoms with Crippen LogP contribution in [0.15, 0.2) is 48.5 Å². The maximum Gasteiger partial charge on any atom is 0.248 e. The zero-order valence-electron chi connectivity index (χ0n) is 13.0. The van der Waals surface area contributed by atoms with E-state index in [1.54, 1.807) is 24.3 Å². The highest BCUT2D eigenvalue weighted by Gasteiger charge is 2.10. The topological polar surface area (TPSA) is 51.2 Å². The molecule has 0 fully saturated rings. The summed E-state index contributed by atoms with van der Waals surface area (Å²) >= 11 is 7.64. The van der Waals surface area contributed by atoms with Gasteiger partial charge in [0.25, 0.3) is 0 Å². The first-order chi connectivity index (χ1) is 11.7. The Labute approximate surface area is 148 Å².